The third kappa shape index (κ3) is 3.84. The second-order valence-electron chi connectivity index (χ2n) is 6.07. The Morgan fingerprint density at radius 3 is 2.46 bits per heavy atom. The predicted molar refractivity (Wildman–Crippen MR) is 95.9 cm³/mol. The molecule has 4 nitrogen and oxygen atoms in total. The molecular weight excluding hydrogens is 298 g/mol. The molecule has 2 N–H and O–H groups in total. The molecule has 1 aromatic heterocycles. The highest BCUT2D eigenvalue weighted by atomic mass is 16.3. The van der Waals surface area contributed by atoms with Crippen LogP contribution in [0.4, 0.5) is 0 Å². The molecule has 1 heterocycles. The standard InChI is InChI=1S/C20H23N3O/c1-15-20(13-21-12-18-9-6-10-19(24)11-18)16(2)23(22-15)14-17-7-4-3-5-8-17/h3-11,21,24H,12-14H2,1-2H3. The molecule has 0 atom stereocenters. The minimum Gasteiger partial charge on any atom is -0.508 e. The number of aromatic nitrogens is 2. The molecule has 3 aromatic rings. The van der Waals surface area contributed by atoms with Gasteiger partial charge in [-0.1, -0.05) is 42.5 Å². The summed E-state index contributed by atoms with van der Waals surface area (Å²) in [5, 5.41) is 17.6. The van der Waals surface area contributed by atoms with Crippen LogP contribution in [0.3, 0.4) is 0 Å². The number of hydrogen-bond donors (Lipinski definition) is 2. The predicted octanol–water partition coefficient (Wildman–Crippen LogP) is 3.54. The highest BCUT2D eigenvalue weighted by molar-refractivity contribution is 5.28. The molecule has 0 amide bonds. The molecule has 24 heavy (non-hydrogen) atoms. The summed E-state index contributed by atoms with van der Waals surface area (Å²) in [4.78, 5) is 0. The molecule has 3 rings (SSSR count). The fraction of sp³-hybridized carbons (Fsp3) is 0.250. The molecule has 0 aliphatic rings. The number of phenols is 1. The molecule has 0 aliphatic heterocycles. The third-order valence-electron chi connectivity index (χ3n) is 4.25. The van der Waals surface area contributed by atoms with E-state index < -0.39 is 0 Å². The zero-order valence-electron chi connectivity index (χ0n) is 14.2. The lowest BCUT2D eigenvalue weighted by molar-refractivity contribution is 0.474. The second-order valence-corrected chi connectivity index (χ2v) is 6.07. The van der Waals surface area contributed by atoms with E-state index in [9.17, 15) is 5.11 Å². The van der Waals surface area contributed by atoms with Gasteiger partial charge in [-0.15, -0.1) is 0 Å². The van der Waals surface area contributed by atoms with Gasteiger partial charge in [0.2, 0.25) is 0 Å². The van der Waals surface area contributed by atoms with Crippen LogP contribution in [0.1, 0.15) is 28.1 Å². The van der Waals surface area contributed by atoms with Crippen LogP contribution in [0, 0.1) is 13.8 Å². The Labute approximate surface area is 142 Å². The molecule has 124 valence electrons. The van der Waals surface area contributed by atoms with Crippen molar-refractivity contribution in [2.45, 2.75) is 33.5 Å². The van der Waals surface area contributed by atoms with Gasteiger partial charge >= 0.3 is 0 Å². The van der Waals surface area contributed by atoms with Crippen molar-refractivity contribution in [1.82, 2.24) is 15.1 Å². The van der Waals surface area contributed by atoms with Gasteiger partial charge in [0.15, 0.2) is 0 Å². The van der Waals surface area contributed by atoms with E-state index in [1.807, 2.05) is 18.2 Å². The minimum atomic E-state index is 0.303. The summed E-state index contributed by atoms with van der Waals surface area (Å²) >= 11 is 0. The number of phenolic OH excluding ortho intramolecular Hbond substituents is 1. The number of rotatable bonds is 6. The summed E-state index contributed by atoms with van der Waals surface area (Å²) in [5.41, 5.74) is 5.82. The number of nitrogens with one attached hydrogen (secondary N) is 1. The molecule has 0 fully saturated rings. The smallest absolute Gasteiger partial charge is 0.115 e. The van der Waals surface area contributed by atoms with Crippen LogP contribution < -0.4 is 5.32 Å². The van der Waals surface area contributed by atoms with Crippen molar-refractivity contribution in [3.63, 3.8) is 0 Å². The van der Waals surface area contributed by atoms with E-state index in [2.05, 4.69) is 53.2 Å². The summed E-state index contributed by atoms with van der Waals surface area (Å²) in [7, 11) is 0. The lowest BCUT2D eigenvalue weighted by atomic mass is 10.1. The molecule has 0 radical (unpaired) electrons. The van der Waals surface area contributed by atoms with E-state index in [0.29, 0.717) is 5.75 Å². The average Bonchev–Trinajstić information content (AvgIpc) is 2.83. The molecule has 0 saturated heterocycles. The molecule has 0 saturated carbocycles. The van der Waals surface area contributed by atoms with Crippen molar-refractivity contribution in [2.75, 3.05) is 0 Å². The quantitative estimate of drug-likeness (QED) is 0.730. The van der Waals surface area contributed by atoms with E-state index in [1.54, 1.807) is 12.1 Å². The Kier molecular flexibility index (Phi) is 4.96. The number of benzene rings is 2. The van der Waals surface area contributed by atoms with Crippen LogP contribution in [-0.4, -0.2) is 14.9 Å². The van der Waals surface area contributed by atoms with Gasteiger partial charge in [-0.2, -0.15) is 5.10 Å². The Balaban J connectivity index is 1.66. The fourth-order valence-corrected chi connectivity index (χ4v) is 2.90. The van der Waals surface area contributed by atoms with Gasteiger partial charge in [-0.3, -0.25) is 4.68 Å². The van der Waals surface area contributed by atoms with Gasteiger partial charge in [0.05, 0.1) is 12.2 Å². The van der Waals surface area contributed by atoms with Crippen LogP contribution in [0.2, 0.25) is 0 Å². The van der Waals surface area contributed by atoms with Gasteiger partial charge in [0.25, 0.3) is 0 Å². The van der Waals surface area contributed by atoms with Crippen molar-refractivity contribution in [3.8, 4) is 5.75 Å². The van der Waals surface area contributed by atoms with Gasteiger partial charge in [0.1, 0.15) is 5.75 Å². The zero-order valence-corrected chi connectivity index (χ0v) is 14.2. The topological polar surface area (TPSA) is 50.1 Å². The number of hydrogen-bond acceptors (Lipinski definition) is 3. The lowest BCUT2D eigenvalue weighted by Crippen LogP contribution is -2.14. The highest BCUT2D eigenvalue weighted by Crippen LogP contribution is 2.15. The zero-order chi connectivity index (χ0) is 16.9. The van der Waals surface area contributed by atoms with Gasteiger partial charge < -0.3 is 10.4 Å². The van der Waals surface area contributed by atoms with Crippen LogP contribution in [0.5, 0.6) is 5.75 Å². The van der Waals surface area contributed by atoms with E-state index in [-0.39, 0.29) is 0 Å². The molecule has 0 spiro atoms. The maximum absolute atomic E-state index is 9.52. The molecule has 0 bridgehead atoms. The summed E-state index contributed by atoms with van der Waals surface area (Å²) in [6.45, 7) is 6.45. The number of aromatic hydroxyl groups is 1. The fourth-order valence-electron chi connectivity index (χ4n) is 2.90. The second kappa shape index (κ2) is 7.32. The van der Waals surface area contributed by atoms with Crippen LogP contribution >= 0.6 is 0 Å². The summed E-state index contributed by atoms with van der Waals surface area (Å²) in [6, 6.07) is 17.7. The van der Waals surface area contributed by atoms with Crippen molar-refractivity contribution in [2.24, 2.45) is 0 Å². The largest absolute Gasteiger partial charge is 0.508 e. The first kappa shape index (κ1) is 16.3. The molecule has 4 heteroatoms. The Hall–Kier alpha value is -2.59. The molecule has 0 unspecified atom stereocenters. The van der Waals surface area contributed by atoms with Crippen LogP contribution in [0.15, 0.2) is 54.6 Å². The normalized spacial score (nSPS) is 10.9. The highest BCUT2D eigenvalue weighted by Gasteiger charge is 2.11. The first-order valence-electron chi connectivity index (χ1n) is 8.19. The van der Waals surface area contributed by atoms with Gasteiger partial charge in [-0.05, 0) is 37.1 Å². The van der Waals surface area contributed by atoms with Crippen molar-refractivity contribution < 1.29 is 5.11 Å². The van der Waals surface area contributed by atoms with Crippen molar-refractivity contribution in [1.29, 1.82) is 0 Å². The average molecular weight is 321 g/mol. The summed E-state index contributed by atoms with van der Waals surface area (Å²) in [5.74, 6) is 0.303. The molecule has 0 aliphatic carbocycles. The maximum Gasteiger partial charge on any atom is 0.115 e. The number of nitrogens with zero attached hydrogens (tertiary/aromatic N) is 2. The Bertz CT molecular complexity index is 809. The van der Waals surface area contributed by atoms with Gasteiger partial charge in [0, 0.05) is 24.3 Å². The van der Waals surface area contributed by atoms with Crippen molar-refractivity contribution in [3.05, 3.63) is 82.7 Å². The van der Waals surface area contributed by atoms with Gasteiger partial charge in [-0.25, -0.2) is 0 Å². The molecular formula is C20H23N3O. The number of aryl methyl sites for hydroxylation is 1. The molecule has 2 aromatic carbocycles. The third-order valence-corrected chi connectivity index (χ3v) is 4.25. The Morgan fingerprint density at radius 1 is 0.958 bits per heavy atom. The van der Waals surface area contributed by atoms with E-state index >= 15 is 0 Å². The monoisotopic (exact) mass is 321 g/mol. The first-order valence-corrected chi connectivity index (χ1v) is 8.19. The van der Waals surface area contributed by atoms with E-state index in [1.165, 1.54) is 16.8 Å². The van der Waals surface area contributed by atoms with E-state index in [0.717, 1.165) is 30.9 Å². The summed E-state index contributed by atoms with van der Waals surface area (Å²) in [6.07, 6.45) is 0. The summed E-state index contributed by atoms with van der Waals surface area (Å²) < 4.78 is 2.07. The van der Waals surface area contributed by atoms with Crippen LogP contribution in [-0.2, 0) is 19.6 Å². The maximum atomic E-state index is 9.52. The van der Waals surface area contributed by atoms with Crippen LogP contribution in [0.25, 0.3) is 0 Å². The Morgan fingerprint density at radius 2 is 1.71 bits per heavy atom. The minimum absolute atomic E-state index is 0.303. The lowest BCUT2D eigenvalue weighted by Gasteiger charge is -2.07. The van der Waals surface area contributed by atoms with Crippen molar-refractivity contribution >= 4 is 0 Å². The SMILES string of the molecule is Cc1nn(Cc2ccccc2)c(C)c1CNCc1cccc(O)c1. The first-order chi connectivity index (χ1) is 11.6. The van der Waals surface area contributed by atoms with E-state index in [4.69, 9.17) is 0 Å².